The average Bonchev–Trinajstić information content (AvgIpc) is 1.64. The molecule has 0 spiro atoms. The van der Waals surface area contributed by atoms with Crippen LogP contribution in [0, 0.1) is 5.41 Å². The smallest absolute Gasteiger partial charge is 0.139 e. The Bertz CT molecular complexity index is 102. The molecule has 0 unspecified atom stereocenters. The minimum atomic E-state index is -0.209. The number of hydrogen-bond acceptors (Lipinski definition) is 2. The van der Waals surface area contributed by atoms with Crippen molar-refractivity contribution in [3.63, 3.8) is 0 Å². The molecule has 0 amide bonds. The molecule has 0 saturated carbocycles. The van der Waals surface area contributed by atoms with Crippen molar-refractivity contribution < 1.29 is 4.79 Å². The van der Waals surface area contributed by atoms with Crippen LogP contribution >= 0.6 is 0 Å². The van der Waals surface area contributed by atoms with E-state index in [0.717, 1.165) is 0 Å². The quantitative estimate of drug-likeness (QED) is 0.603. The Kier molecular flexibility index (Phi) is 2.85. The molecule has 2 N–H and O–H groups in total. The van der Waals surface area contributed by atoms with Crippen LogP contribution in [0.15, 0.2) is 0 Å². The standard InChI is InChI=1S/C7H15NO/c1-7(2,3)6(9)4-5-8/h4-5,8H2,1-3H3. The second kappa shape index (κ2) is 2.97. The molecule has 2 heteroatoms. The molecule has 54 valence electrons. The Morgan fingerprint density at radius 3 is 2.00 bits per heavy atom. The van der Waals surface area contributed by atoms with Crippen molar-refractivity contribution in [1.29, 1.82) is 0 Å². The van der Waals surface area contributed by atoms with Crippen LogP contribution < -0.4 is 5.73 Å². The highest BCUT2D eigenvalue weighted by atomic mass is 16.1. The Morgan fingerprint density at radius 2 is 1.89 bits per heavy atom. The topological polar surface area (TPSA) is 43.1 Å². The largest absolute Gasteiger partial charge is 0.330 e. The van der Waals surface area contributed by atoms with Gasteiger partial charge in [0.2, 0.25) is 0 Å². The molecule has 0 radical (unpaired) electrons. The number of Topliss-reactive ketones (excluding diaryl/α,β-unsaturated/α-hetero) is 1. The molecule has 0 aliphatic carbocycles. The van der Waals surface area contributed by atoms with Gasteiger partial charge in [-0.3, -0.25) is 4.79 Å². The first-order valence-electron chi connectivity index (χ1n) is 3.22. The van der Waals surface area contributed by atoms with Gasteiger partial charge in [-0.2, -0.15) is 0 Å². The maximum atomic E-state index is 11.0. The van der Waals surface area contributed by atoms with Crippen LogP contribution in [0.2, 0.25) is 0 Å². The van der Waals surface area contributed by atoms with E-state index in [1.807, 2.05) is 20.8 Å². The maximum Gasteiger partial charge on any atom is 0.139 e. The molecule has 0 rings (SSSR count). The van der Waals surface area contributed by atoms with Gasteiger partial charge in [0, 0.05) is 11.8 Å². The molecule has 0 atom stereocenters. The summed E-state index contributed by atoms with van der Waals surface area (Å²) < 4.78 is 0. The van der Waals surface area contributed by atoms with Crippen molar-refractivity contribution in [1.82, 2.24) is 0 Å². The maximum absolute atomic E-state index is 11.0. The predicted octanol–water partition coefficient (Wildman–Crippen LogP) is 0.950. The SMILES string of the molecule is CC(C)(C)C(=O)CCN. The summed E-state index contributed by atoms with van der Waals surface area (Å²) >= 11 is 0. The average molecular weight is 129 g/mol. The summed E-state index contributed by atoms with van der Waals surface area (Å²) in [6.07, 6.45) is 0.503. The van der Waals surface area contributed by atoms with Gasteiger partial charge in [0.15, 0.2) is 0 Å². The number of hydrogen-bond donors (Lipinski definition) is 1. The highest BCUT2D eigenvalue weighted by molar-refractivity contribution is 5.83. The lowest BCUT2D eigenvalue weighted by molar-refractivity contribution is -0.126. The van der Waals surface area contributed by atoms with E-state index in [2.05, 4.69) is 0 Å². The van der Waals surface area contributed by atoms with Gasteiger partial charge >= 0.3 is 0 Å². The summed E-state index contributed by atoms with van der Waals surface area (Å²) in [5.41, 5.74) is 5.00. The van der Waals surface area contributed by atoms with Crippen molar-refractivity contribution >= 4 is 5.78 Å². The highest BCUT2D eigenvalue weighted by Gasteiger charge is 2.19. The van der Waals surface area contributed by atoms with Crippen molar-refractivity contribution in [3.05, 3.63) is 0 Å². The molecule has 0 saturated heterocycles. The number of rotatable bonds is 2. The Balaban J connectivity index is 3.74. The van der Waals surface area contributed by atoms with Crippen molar-refractivity contribution in [2.45, 2.75) is 27.2 Å². The predicted molar refractivity (Wildman–Crippen MR) is 38.1 cm³/mol. The van der Waals surface area contributed by atoms with Gasteiger partial charge in [0.25, 0.3) is 0 Å². The number of nitrogens with two attached hydrogens (primary N) is 1. The van der Waals surface area contributed by atoms with Gasteiger partial charge in [-0.1, -0.05) is 20.8 Å². The lowest BCUT2D eigenvalue weighted by Crippen LogP contribution is -2.22. The van der Waals surface area contributed by atoms with Crippen molar-refractivity contribution in [2.24, 2.45) is 11.1 Å². The van der Waals surface area contributed by atoms with E-state index in [1.165, 1.54) is 0 Å². The summed E-state index contributed by atoms with van der Waals surface area (Å²) in [7, 11) is 0. The molecule has 0 aliphatic rings. The molecule has 0 aliphatic heterocycles. The zero-order valence-electron chi connectivity index (χ0n) is 6.40. The molecule has 0 heterocycles. The minimum Gasteiger partial charge on any atom is -0.330 e. The molecule has 9 heavy (non-hydrogen) atoms. The lowest BCUT2D eigenvalue weighted by atomic mass is 9.89. The van der Waals surface area contributed by atoms with E-state index in [9.17, 15) is 4.79 Å². The fraction of sp³-hybridized carbons (Fsp3) is 0.857. The monoisotopic (exact) mass is 129 g/mol. The van der Waals surface area contributed by atoms with Gasteiger partial charge < -0.3 is 5.73 Å². The van der Waals surface area contributed by atoms with Crippen LogP contribution in [-0.4, -0.2) is 12.3 Å². The fourth-order valence-corrected chi connectivity index (χ4v) is 0.506. The third-order valence-electron chi connectivity index (χ3n) is 1.21. The minimum absolute atomic E-state index is 0.209. The van der Waals surface area contributed by atoms with E-state index in [1.54, 1.807) is 0 Å². The first-order chi connectivity index (χ1) is 3.98. The first-order valence-corrected chi connectivity index (χ1v) is 3.22. The molecular formula is C7H15NO. The van der Waals surface area contributed by atoms with Crippen LogP contribution in [0.1, 0.15) is 27.2 Å². The molecular weight excluding hydrogens is 114 g/mol. The molecule has 0 aromatic heterocycles. The second-order valence-electron chi connectivity index (χ2n) is 3.21. The van der Waals surface area contributed by atoms with E-state index in [4.69, 9.17) is 5.73 Å². The summed E-state index contributed by atoms with van der Waals surface area (Å²) in [6.45, 7) is 6.19. The number of carbonyl (C=O) groups is 1. The summed E-state index contributed by atoms with van der Waals surface area (Å²) in [4.78, 5) is 11.0. The van der Waals surface area contributed by atoms with E-state index < -0.39 is 0 Å². The van der Waals surface area contributed by atoms with E-state index >= 15 is 0 Å². The van der Waals surface area contributed by atoms with Crippen molar-refractivity contribution in [3.8, 4) is 0 Å². The zero-order valence-corrected chi connectivity index (χ0v) is 6.40. The normalized spacial score (nSPS) is 11.6. The Labute approximate surface area is 56.4 Å². The summed E-state index contributed by atoms with van der Waals surface area (Å²) in [6, 6.07) is 0. The molecule has 0 fully saturated rings. The summed E-state index contributed by atoms with van der Waals surface area (Å²) in [5, 5.41) is 0. The van der Waals surface area contributed by atoms with Gasteiger partial charge in [-0.15, -0.1) is 0 Å². The third kappa shape index (κ3) is 3.25. The highest BCUT2D eigenvalue weighted by Crippen LogP contribution is 2.15. The van der Waals surface area contributed by atoms with Crippen LogP contribution in [-0.2, 0) is 4.79 Å². The summed E-state index contributed by atoms with van der Waals surface area (Å²) in [5.74, 6) is 0.241. The Morgan fingerprint density at radius 1 is 1.44 bits per heavy atom. The number of carbonyl (C=O) groups excluding carboxylic acids is 1. The van der Waals surface area contributed by atoms with Gasteiger partial charge in [-0.25, -0.2) is 0 Å². The fourth-order valence-electron chi connectivity index (χ4n) is 0.506. The second-order valence-corrected chi connectivity index (χ2v) is 3.21. The van der Waals surface area contributed by atoms with E-state index in [-0.39, 0.29) is 11.2 Å². The number of ketones is 1. The van der Waals surface area contributed by atoms with Crippen LogP contribution in [0.3, 0.4) is 0 Å². The Hall–Kier alpha value is -0.370. The molecule has 0 aromatic rings. The molecule has 0 bridgehead atoms. The van der Waals surface area contributed by atoms with Gasteiger partial charge in [-0.05, 0) is 6.54 Å². The third-order valence-corrected chi connectivity index (χ3v) is 1.21. The van der Waals surface area contributed by atoms with Crippen molar-refractivity contribution in [2.75, 3.05) is 6.54 Å². The first kappa shape index (κ1) is 8.63. The van der Waals surface area contributed by atoms with Crippen LogP contribution in [0.25, 0.3) is 0 Å². The molecule has 0 aromatic carbocycles. The van der Waals surface area contributed by atoms with E-state index in [0.29, 0.717) is 13.0 Å². The van der Waals surface area contributed by atoms with Gasteiger partial charge in [0.05, 0.1) is 0 Å². The van der Waals surface area contributed by atoms with Crippen LogP contribution in [0.5, 0.6) is 0 Å². The molecule has 2 nitrogen and oxygen atoms in total. The lowest BCUT2D eigenvalue weighted by Gasteiger charge is -2.14. The zero-order chi connectivity index (χ0) is 7.49. The van der Waals surface area contributed by atoms with Gasteiger partial charge in [0.1, 0.15) is 5.78 Å². The van der Waals surface area contributed by atoms with Crippen LogP contribution in [0.4, 0.5) is 0 Å².